The first-order valence-corrected chi connectivity index (χ1v) is 8.41. The normalized spacial score (nSPS) is 13.5. The SMILES string of the molecule is COc1c[nH]c(/C(C)=C/Oc2c(C)cc3c(c2C)C=CCC3)cc1=O. The lowest BCUT2D eigenvalue weighted by Crippen LogP contribution is -2.06. The van der Waals surface area contributed by atoms with Crippen LogP contribution in [0, 0.1) is 13.8 Å². The molecule has 1 heterocycles. The number of aromatic amines is 1. The molecule has 130 valence electrons. The monoisotopic (exact) mass is 337 g/mol. The largest absolute Gasteiger partial charge is 0.491 e. The average molecular weight is 337 g/mol. The van der Waals surface area contributed by atoms with E-state index in [2.05, 4.69) is 37.0 Å². The first-order valence-electron chi connectivity index (χ1n) is 8.41. The van der Waals surface area contributed by atoms with Gasteiger partial charge in [-0.25, -0.2) is 0 Å². The van der Waals surface area contributed by atoms with E-state index in [0.29, 0.717) is 11.4 Å². The molecule has 25 heavy (non-hydrogen) atoms. The fourth-order valence-corrected chi connectivity index (χ4v) is 3.18. The summed E-state index contributed by atoms with van der Waals surface area (Å²) in [6.07, 6.45) is 9.81. The molecule has 1 aliphatic rings. The second-order valence-electron chi connectivity index (χ2n) is 6.36. The molecule has 0 saturated carbocycles. The summed E-state index contributed by atoms with van der Waals surface area (Å²) in [5, 5.41) is 0. The lowest BCUT2D eigenvalue weighted by Gasteiger charge is -2.18. The number of benzene rings is 1. The molecule has 0 saturated heterocycles. The van der Waals surface area contributed by atoms with E-state index in [1.807, 2.05) is 6.92 Å². The Hall–Kier alpha value is -2.75. The van der Waals surface area contributed by atoms with Crippen LogP contribution in [0.4, 0.5) is 0 Å². The van der Waals surface area contributed by atoms with E-state index < -0.39 is 0 Å². The van der Waals surface area contributed by atoms with Crippen molar-refractivity contribution in [1.29, 1.82) is 0 Å². The van der Waals surface area contributed by atoms with Crippen LogP contribution in [0.25, 0.3) is 11.6 Å². The van der Waals surface area contributed by atoms with Gasteiger partial charge in [-0.15, -0.1) is 0 Å². The predicted octanol–water partition coefficient (Wildman–Crippen LogP) is 4.40. The molecule has 3 rings (SSSR count). The number of pyridine rings is 1. The third kappa shape index (κ3) is 3.38. The molecular weight excluding hydrogens is 314 g/mol. The van der Waals surface area contributed by atoms with Gasteiger partial charge in [-0.05, 0) is 55.9 Å². The Labute approximate surface area is 147 Å². The van der Waals surface area contributed by atoms with Gasteiger partial charge in [0, 0.05) is 23.5 Å². The van der Waals surface area contributed by atoms with Gasteiger partial charge in [0.2, 0.25) is 5.43 Å². The third-order valence-electron chi connectivity index (χ3n) is 4.58. The summed E-state index contributed by atoms with van der Waals surface area (Å²) in [6, 6.07) is 3.73. The van der Waals surface area contributed by atoms with E-state index in [1.54, 1.807) is 12.5 Å². The maximum Gasteiger partial charge on any atom is 0.223 e. The van der Waals surface area contributed by atoms with Gasteiger partial charge < -0.3 is 14.5 Å². The molecule has 0 spiro atoms. The van der Waals surface area contributed by atoms with E-state index in [0.717, 1.165) is 35.3 Å². The van der Waals surface area contributed by atoms with Crippen molar-refractivity contribution in [1.82, 2.24) is 4.98 Å². The van der Waals surface area contributed by atoms with E-state index in [4.69, 9.17) is 9.47 Å². The fraction of sp³-hybridized carbons (Fsp3) is 0.286. The Morgan fingerprint density at radius 3 is 2.80 bits per heavy atom. The van der Waals surface area contributed by atoms with Gasteiger partial charge >= 0.3 is 0 Å². The van der Waals surface area contributed by atoms with Crippen LogP contribution >= 0.6 is 0 Å². The van der Waals surface area contributed by atoms with Gasteiger partial charge in [0.1, 0.15) is 5.75 Å². The Kier molecular flexibility index (Phi) is 4.79. The average Bonchev–Trinajstić information content (AvgIpc) is 2.61. The molecule has 0 unspecified atom stereocenters. The van der Waals surface area contributed by atoms with Crippen LogP contribution in [0.1, 0.15) is 41.3 Å². The highest BCUT2D eigenvalue weighted by atomic mass is 16.5. The highest BCUT2D eigenvalue weighted by Crippen LogP contribution is 2.33. The molecule has 1 aliphatic carbocycles. The minimum Gasteiger partial charge on any atom is -0.491 e. The lowest BCUT2D eigenvalue weighted by atomic mass is 9.91. The third-order valence-corrected chi connectivity index (χ3v) is 4.58. The maximum atomic E-state index is 11.9. The molecule has 0 radical (unpaired) electrons. The Morgan fingerprint density at radius 2 is 2.08 bits per heavy atom. The molecular formula is C21H23NO3. The van der Waals surface area contributed by atoms with Crippen molar-refractivity contribution in [3.05, 3.63) is 68.8 Å². The summed E-state index contributed by atoms with van der Waals surface area (Å²) >= 11 is 0. The topological polar surface area (TPSA) is 51.3 Å². The second kappa shape index (κ2) is 7.01. The summed E-state index contributed by atoms with van der Waals surface area (Å²) in [5.74, 6) is 1.17. The van der Waals surface area contributed by atoms with Gasteiger partial charge in [0.25, 0.3) is 0 Å². The molecule has 4 heteroatoms. The van der Waals surface area contributed by atoms with Gasteiger partial charge in [-0.2, -0.15) is 0 Å². The fourth-order valence-electron chi connectivity index (χ4n) is 3.18. The number of aromatic nitrogens is 1. The summed E-state index contributed by atoms with van der Waals surface area (Å²) in [7, 11) is 1.48. The van der Waals surface area contributed by atoms with E-state index >= 15 is 0 Å². The van der Waals surface area contributed by atoms with Crippen LogP contribution in [0.3, 0.4) is 0 Å². The molecule has 1 N–H and O–H groups in total. The molecule has 0 aliphatic heterocycles. The summed E-state index contributed by atoms with van der Waals surface area (Å²) in [4.78, 5) is 15.0. The van der Waals surface area contributed by atoms with Crippen molar-refractivity contribution in [2.24, 2.45) is 0 Å². The van der Waals surface area contributed by atoms with Crippen LogP contribution < -0.4 is 14.9 Å². The van der Waals surface area contributed by atoms with Crippen molar-refractivity contribution >= 4 is 11.6 Å². The number of fused-ring (bicyclic) bond motifs is 1. The first kappa shape index (κ1) is 17.1. The molecule has 0 amide bonds. The number of rotatable bonds is 4. The van der Waals surface area contributed by atoms with Crippen LogP contribution in [-0.2, 0) is 6.42 Å². The number of aryl methyl sites for hydroxylation is 2. The standard InChI is InChI=1S/C21H23NO3/c1-13-9-16-7-5-6-8-17(16)15(3)21(13)25-12-14(2)18-10-19(23)20(24-4)11-22-18/h6,8-12H,5,7H2,1-4H3,(H,22,23)/b14-12+. The van der Waals surface area contributed by atoms with Gasteiger partial charge in [0.05, 0.1) is 13.4 Å². The highest BCUT2D eigenvalue weighted by Gasteiger charge is 2.14. The number of H-pyrrole nitrogens is 1. The number of methoxy groups -OCH3 is 1. The predicted molar refractivity (Wildman–Crippen MR) is 101 cm³/mol. The number of ether oxygens (including phenoxy) is 2. The molecule has 2 aromatic rings. The summed E-state index contributed by atoms with van der Waals surface area (Å²) < 4.78 is 11.0. The number of hydrogen-bond donors (Lipinski definition) is 1. The Balaban J connectivity index is 1.90. The molecule has 0 bridgehead atoms. The molecule has 1 aromatic heterocycles. The molecule has 0 atom stereocenters. The first-order chi connectivity index (χ1) is 12.0. The summed E-state index contributed by atoms with van der Waals surface area (Å²) in [5.41, 5.74) is 6.30. The zero-order valence-corrected chi connectivity index (χ0v) is 15.1. The summed E-state index contributed by atoms with van der Waals surface area (Å²) in [6.45, 7) is 6.06. The van der Waals surface area contributed by atoms with Crippen LogP contribution in [0.2, 0.25) is 0 Å². The lowest BCUT2D eigenvalue weighted by molar-refractivity contribution is 0.409. The second-order valence-corrected chi connectivity index (χ2v) is 6.36. The zero-order chi connectivity index (χ0) is 18.0. The molecule has 1 aromatic carbocycles. The minimum atomic E-state index is -0.157. The van der Waals surface area contributed by atoms with Crippen molar-refractivity contribution in [3.63, 3.8) is 0 Å². The van der Waals surface area contributed by atoms with Crippen molar-refractivity contribution in [2.75, 3.05) is 7.11 Å². The van der Waals surface area contributed by atoms with E-state index in [1.165, 1.54) is 24.3 Å². The highest BCUT2D eigenvalue weighted by molar-refractivity contribution is 5.66. The Morgan fingerprint density at radius 1 is 1.28 bits per heavy atom. The van der Waals surface area contributed by atoms with Gasteiger partial charge in [-0.3, -0.25) is 4.79 Å². The zero-order valence-electron chi connectivity index (χ0n) is 15.1. The number of allylic oxidation sites excluding steroid dienone is 2. The van der Waals surface area contributed by atoms with Gasteiger partial charge in [0.15, 0.2) is 5.75 Å². The molecule has 0 fully saturated rings. The maximum absolute atomic E-state index is 11.9. The Bertz CT molecular complexity index is 919. The van der Waals surface area contributed by atoms with Crippen molar-refractivity contribution in [2.45, 2.75) is 33.6 Å². The van der Waals surface area contributed by atoms with Crippen molar-refractivity contribution < 1.29 is 9.47 Å². The van der Waals surface area contributed by atoms with Crippen LogP contribution in [0.5, 0.6) is 11.5 Å². The van der Waals surface area contributed by atoms with Crippen LogP contribution in [0.15, 0.2) is 35.5 Å². The van der Waals surface area contributed by atoms with E-state index in [9.17, 15) is 4.79 Å². The quantitative estimate of drug-likeness (QED) is 0.841. The van der Waals surface area contributed by atoms with Gasteiger partial charge in [-0.1, -0.05) is 18.2 Å². The number of hydrogen-bond acceptors (Lipinski definition) is 3. The number of nitrogens with one attached hydrogen (secondary N) is 1. The minimum absolute atomic E-state index is 0.157. The van der Waals surface area contributed by atoms with Crippen molar-refractivity contribution in [3.8, 4) is 11.5 Å². The smallest absolute Gasteiger partial charge is 0.223 e. The molecule has 4 nitrogen and oxygen atoms in total. The van der Waals surface area contributed by atoms with E-state index in [-0.39, 0.29) is 5.43 Å². The van der Waals surface area contributed by atoms with Crippen LogP contribution in [-0.4, -0.2) is 12.1 Å².